The van der Waals surface area contributed by atoms with E-state index < -0.39 is 0 Å². The van der Waals surface area contributed by atoms with Crippen LogP contribution in [0.15, 0.2) is 78.6 Å². The number of hydrogen-bond acceptors (Lipinski definition) is 2. The average Bonchev–Trinajstić information content (AvgIpc) is 2.37. The number of hydrogen-bond donors (Lipinski definition) is 1. The highest BCUT2D eigenvalue weighted by Gasteiger charge is 2.41. The molecule has 0 radical (unpaired) electrons. The molecule has 1 aromatic carbocycles. The maximum Gasteiger partial charge on any atom is 0.159 e. The van der Waals surface area contributed by atoms with E-state index in [0.717, 1.165) is 18.8 Å². The van der Waals surface area contributed by atoms with Gasteiger partial charge < -0.3 is 10.1 Å². The van der Waals surface area contributed by atoms with Gasteiger partial charge >= 0.3 is 0 Å². The van der Waals surface area contributed by atoms with Crippen molar-refractivity contribution in [1.82, 2.24) is 5.32 Å². The summed E-state index contributed by atoms with van der Waals surface area (Å²) in [6, 6.07) is 10.4. The fourth-order valence-corrected chi connectivity index (χ4v) is 2.27. The summed E-state index contributed by atoms with van der Waals surface area (Å²) in [5, 5.41) is 3.31. The summed E-state index contributed by atoms with van der Waals surface area (Å²) in [7, 11) is 0. The molecule has 19 heavy (non-hydrogen) atoms. The number of ether oxygens (including phenoxy) is 1. The molecule has 1 aliphatic carbocycles. The first kappa shape index (κ1) is 12.0. The van der Waals surface area contributed by atoms with Crippen molar-refractivity contribution in [2.24, 2.45) is 0 Å². The smallest absolute Gasteiger partial charge is 0.159 e. The number of nitrogens with one attached hydrogen (secondary N) is 1. The van der Waals surface area contributed by atoms with Crippen molar-refractivity contribution < 1.29 is 4.74 Å². The molecule has 96 valence electrons. The summed E-state index contributed by atoms with van der Waals surface area (Å²) in [6.07, 6.45) is 14.0. The Bertz CT molecular complexity index is 548. The van der Waals surface area contributed by atoms with Gasteiger partial charge in [-0.15, -0.1) is 0 Å². The lowest BCUT2D eigenvalue weighted by Gasteiger charge is -2.43. The van der Waals surface area contributed by atoms with Crippen molar-refractivity contribution in [3.63, 3.8) is 0 Å². The molecular weight excluding hydrogens is 234 g/mol. The fraction of sp³-hybridized carbons (Fsp3) is 0.176. The van der Waals surface area contributed by atoms with E-state index in [4.69, 9.17) is 4.74 Å². The van der Waals surface area contributed by atoms with Crippen molar-refractivity contribution in [3.8, 4) is 0 Å². The van der Waals surface area contributed by atoms with Crippen molar-refractivity contribution in [2.75, 3.05) is 13.1 Å². The van der Waals surface area contributed by atoms with Crippen LogP contribution in [-0.4, -0.2) is 13.1 Å². The highest BCUT2D eigenvalue weighted by Crippen LogP contribution is 2.32. The molecule has 0 atom stereocenters. The third kappa shape index (κ3) is 2.54. The zero-order valence-electron chi connectivity index (χ0n) is 10.8. The maximum atomic E-state index is 6.26. The summed E-state index contributed by atoms with van der Waals surface area (Å²) in [5.41, 5.74) is 0.999. The SMILES string of the molecule is C1=C/C=C\C=C(\OC2(c3ccccc3)CNC2)C=C1. The predicted molar refractivity (Wildman–Crippen MR) is 77.6 cm³/mol. The first-order chi connectivity index (χ1) is 9.39. The Morgan fingerprint density at radius 2 is 1.63 bits per heavy atom. The van der Waals surface area contributed by atoms with Gasteiger partial charge in [0.1, 0.15) is 5.76 Å². The monoisotopic (exact) mass is 251 g/mol. The minimum atomic E-state index is -0.228. The highest BCUT2D eigenvalue weighted by molar-refractivity contribution is 5.31. The van der Waals surface area contributed by atoms with Gasteiger partial charge in [-0.05, 0) is 17.7 Å². The molecule has 1 saturated heterocycles. The van der Waals surface area contributed by atoms with Gasteiger partial charge in [-0.25, -0.2) is 0 Å². The third-order valence-electron chi connectivity index (χ3n) is 3.40. The second-order valence-electron chi connectivity index (χ2n) is 4.76. The summed E-state index contributed by atoms with van der Waals surface area (Å²) < 4.78 is 6.26. The van der Waals surface area contributed by atoms with Gasteiger partial charge in [0.15, 0.2) is 5.60 Å². The van der Waals surface area contributed by atoms with Gasteiger partial charge in [-0.2, -0.15) is 0 Å². The van der Waals surface area contributed by atoms with Crippen LogP contribution >= 0.6 is 0 Å². The summed E-state index contributed by atoms with van der Waals surface area (Å²) >= 11 is 0. The summed E-state index contributed by atoms with van der Waals surface area (Å²) in [6.45, 7) is 1.70. The van der Waals surface area contributed by atoms with Crippen LogP contribution in [0.3, 0.4) is 0 Å². The Kier molecular flexibility index (Phi) is 3.34. The van der Waals surface area contributed by atoms with Crippen LogP contribution < -0.4 is 5.32 Å². The van der Waals surface area contributed by atoms with Gasteiger partial charge in [0, 0.05) is 13.1 Å². The van der Waals surface area contributed by atoms with Crippen LogP contribution in [0.5, 0.6) is 0 Å². The van der Waals surface area contributed by atoms with Crippen molar-refractivity contribution in [2.45, 2.75) is 5.60 Å². The van der Waals surface area contributed by atoms with Gasteiger partial charge in [0.25, 0.3) is 0 Å². The Hall–Kier alpha value is -2.06. The Morgan fingerprint density at radius 1 is 0.895 bits per heavy atom. The minimum Gasteiger partial charge on any atom is -0.480 e. The van der Waals surface area contributed by atoms with Gasteiger partial charge in [-0.3, -0.25) is 0 Å². The average molecular weight is 251 g/mol. The number of allylic oxidation sites excluding steroid dienone is 7. The predicted octanol–water partition coefficient (Wildman–Crippen LogP) is 3.07. The topological polar surface area (TPSA) is 21.3 Å². The number of benzene rings is 1. The first-order valence-electron chi connectivity index (χ1n) is 6.56. The van der Waals surface area contributed by atoms with Crippen LogP contribution in [0.4, 0.5) is 0 Å². The minimum absolute atomic E-state index is 0.228. The van der Waals surface area contributed by atoms with E-state index >= 15 is 0 Å². The molecule has 1 aromatic rings. The van der Waals surface area contributed by atoms with Crippen LogP contribution in [0.25, 0.3) is 0 Å². The summed E-state index contributed by atoms with van der Waals surface area (Å²) in [5.74, 6) is 0.894. The van der Waals surface area contributed by atoms with Gasteiger partial charge in [0.2, 0.25) is 0 Å². The molecule has 3 rings (SSSR count). The van der Waals surface area contributed by atoms with Crippen LogP contribution in [0, 0.1) is 0 Å². The van der Waals surface area contributed by atoms with E-state index in [9.17, 15) is 0 Å². The van der Waals surface area contributed by atoms with Crippen LogP contribution in [-0.2, 0) is 10.3 Å². The Morgan fingerprint density at radius 3 is 2.37 bits per heavy atom. The summed E-state index contributed by atoms with van der Waals surface area (Å²) in [4.78, 5) is 0. The molecule has 1 N–H and O–H groups in total. The van der Waals surface area contributed by atoms with E-state index in [2.05, 4.69) is 29.6 Å². The van der Waals surface area contributed by atoms with Gasteiger partial charge in [0.05, 0.1) is 0 Å². The molecule has 1 fully saturated rings. The molecule has 0 spiro atoms. The van der Waals surface area contributed by atoms with Crippen LogP contribution in [0.2, 0.25) is 0 Å². The molecular formula is C17H17NO. The van der Waals surface area contributed by atoms with E-state index in [-0.39, 0.29) is 5.60 Å². The molecule has 0 aromatic heterocycles. The molecule has 1 aliphatic heterocycles. The fourth-order valence-electron chi connectivity index (χ4n) is 2.27. The maximum absolute atomic E-state index is 6.26. The zero-order valence-corrected chi connectivity index (χ0v) is 10.8. The Labute approximate surface area is 113 Å². The Balaban J connectivity index is 1.84. The molecule has 1 heterocycles. The lowest BCUT2D eigenvalue weighted by Crippen LogP contribution is -2.58. The van der Waals surface area contributed by atoms with E-state index in [1.807, 2.05) is 48.6 Å². The molecule has 0 saturated carbocycles. The van der Waals surface area contributed by atoms with E-state index in [0.29, 0.717) is 0 Å². The largest absolute Gasteiger partial charge is 0.480 e. The molecule has 0 unspecified atom stereocenters. The molecule has 2 aliphatic rings. The third-order valence-corrected chi connectivity index (χ3v) is 3.40. The first-order valence-corrected chi connectivity index (χ1v) is 6.56. The van der Waals surface area contributed by atoms with Crippen molar-refractivity contribution in [3.05, 3.63) is 84.2 Å². The molecule has 0 bridgehead atoms. The zero-order chi connectivity index (χ0) is 13.0. The molecule has 0 amide bonds. The van der Waals surface area contributed by atoms with E-state index in [1.54, 1.807) is 0 Å². The second-order valence-corrected chi connectivity index (χ2v) is 4.76. The lowest BCUT2D eigenvalue weighted by atomic mass is 9.88. The lowest BCUT2D eigenvalue weighted by molar-refractivity contribution is -0.0409. The van der Waals surface area contributed by atoms with Gasteiger partial charge in [-0.1, -0.05) is 60.7 Å². The molecule has 2 nitrogen and oxygen atoms in total. The number of rotatable bonds is 3. The van der Waals surface area contributed by atoms with Crippen LogP contribution in [0.1, 0.15) is 5.56 Å². The molecule has 2 heteroatoms. The van der Waals surface area contributed by atoms with Crippen molar-refractivity contribution >= 4 is 0 Å². The van der Waals surface area contributed by atoms with E-state index in [1.165, 1.54) is 5.56 Å². The second kappa shape index (κ2) is 5.29. The van der Waals surface area contributed by atoms with Crippen molar-refractivity contribution in [1.29, 1.82) is 0 Å². The normalized spacial score (nSPS) is 24.5. The standard InChI is InChI=1S/C17H17NO/c1-2-7-11-16(12-8-3-1)19-17(13-18-14-17)15-9-5-4-6-10-15/h1-12,18H,13-14H2/b2-1?,3-1?,7-2-,8-3?,11-7?,12-8?,16-11+,16-12?. The highest BCUT2D eigenvalue weighted by atomic mass is 16.5. The quantitative estimate of drug-likeness (QED) is 0.891.